The number of ketones is 1. The maximum atomic E-state index is 11.9. The molecule has 0 saturated heterocycles. The second-order valence-corrected chi connectivity index (χ2v) is 5.80. The van der Waals surface area contributed by atoms with Crippen molar-refractivity contribution in [2.24, 2.45) is 5.92 Å². The van der Waals surface area contributed by atoms with Gasteiger partial charge >= 0.3 is 0 Å². The Morgan fingerprint density at radius 1 is 1.26 bits per heavy atom. The Hall–Kier alpha value is -1.16. The van der Waals surface area contributed by atoms with Gasteiger partial charge in [0.15, 0.2) is 0 Å². The number of halogens is 1. The van der Waals surface area contributed by atoms with E-state index in [0.29, 0.717) is 32.2 Å². The Bertz CT molecular complexity index is 463. The largest absolute Gasteiger partial charge is 0.356 e. The summed E-state index contributed by atoms with van der Waals surface area (Å²) in [6.07, 6.45) is 3.35. The minimum Gasteiger partial charge on any atom is -0.356 e. The smallest absolute Gasteiger partial charge is 0.223 e. The van der Waals surface area contributed by atoms with E-state index in [0.717, 1.165) is 10.9 Å². The molecule has 4 heteroatoms. The molecule has 0 spiro atoms. The van der Waals surface area contributed by atoms with Crippen molar-refractivity contribution in [2.75, 3.05) is 6.54 Å². The van der Waals surface area contributed by atoms with Crippen molar-refractivity contribution in [3.05, 3.63) is 34.3 Å². The molecule has 1 saturated carbocycles. The quantitative estimate of drug-likeness (QED) is 0.926. The molecule has 3 nitrogen and oxygen atoms in total. The fourth-order valence-corrected chi connectivity index (χ4v) is 2.85. The Kier molecular flexibility index (Phi) is 5.14. The maximum Gasteiger partial charge on any atom is 0.223 e. The van der Waals surface area contributed by atoms with E-state index in [1.165, 1.54) is 5.56 Å². The van der Waals surface area contributed by atoms with Crippen LogP contribution in [0.25, 0.3) is 0 Å². The number of nitrogens with one attached hydrogen (secondary N) is 1. The summed E-state index contributed by atoms with van der Waals surface area (Å²) in [6.45, 7) is 0.645. The molecule has 1 amide bonds. The lowest BCUT2D eigenvalue weighted by atomic mass is 9.88. The van der Waals surface area contributed by atoms with Crippen LogP contribution in [0.15, 0.2) is 28.7 Å². The van der Waals surface area contributed by atoms with E-state index >= 15 is 0 Å². The molecule has 0 unspecified atom stereocenters. The summed E-state index contributed by atoms with van der Waals surface area (Å²) >= 11 is 3.50. The molecule has 2 rings (SSSR count). The zero-order chi connectivity index (χ0) is 13.7. The van der Waals surface area contributed by atoms with Crippen LogP contribution in [-0.4, -0.2) is 18.2 Å². The fourth-order valence-electron chi connectivity index (χ4n) is 2.37. The number of carbonyl (C=O) groups excluding carboxylic acids is 2. The number of rotatable bonds is 4. The average molecular weight is 324 g/mol. The third-order valence-corrected chi connectivity index (χ3v) is 4.34. The van der Waals surface area contributed by atoms with Crippen molar-refractivity contribution >= 4 is 27.6 Å². The van der Waals surface area contributed by atoms with Crippen LogP contribution >= 0.6 is 15.9 Å². The number of hydrogen-bond acceptors (Lipinski definition) is 2. The molecule has 0 aromatic heterocycles. The molecule has 1 aromatic carbocycles. The zero-order valence-electron chi connectivity index (χ0n) is 10.8. The van der Waals surface area contributed by atoms with Crippen molar-refractivity contribution in [1.82, 2.24) is 5.32 Å². The highest BCUT2D eigenvalue weighted by Gasteiger charge is 2.24. The second-order valence-electron chi connectivity index (χ2n) is 4.95. The van der Waals surface area contributed by atoms with Crippen LogP contribution in [0.2, 0.25) is 0 Å². The van der Waals surface area contributed by atoms with E-state index < -0.39 is 0 Å². The second kappa shape index (κ2) is 6.85. The van der Waals surface area contributed by atoms with Gasteiger partial charge in [-0.1, -0.05) is 34.1 Å². The van der Waals surface area contributed by atoms with E-state index in [1.54, 1.807) is 0 Å². The lowest BCUT2D eigenvalue weighted by Gasteiger charge is -2.20. The molecule has 19 heavy (non-hydrogen) atoms. The van der Waals surface area contributed by atoms with Gasteiger partial charge in [0.25, 0.3) is 0 Å². The van der Waals surface area contributed by atoms with Crippen LogP contribution in [0.1, 0.15) is 31.2 Å². The number of hydrogen-bond donors (Lipinski definition) is 1. The minimum absolute atomic E-state index is 0.0249. The van der Waals surface area contributed by atoms with Crippen LogP contribution in [0.3, 0.4) is 0 Å². The molecule has 0 bridgehead atoms. The lowest BCUT2D eigenvalue weighted by Crippen LogP contribution is -2.34. The van der Waals surface area contributed by atoms with Crippen LogP contribution in [0.5, 0.6) is 0 Å². The van der Waals surface area contributed by atoms with Crippen molar-refractivity contribution in [2.45, 2.75) is 32.1 Å². The molecule has 1 aliphatic carbocycles. The van der Waals surface area contributed by atoms with E-state index in [9.17, 15) is 9.59 Å². The van der Waals surface area contributed by atoms with Crippen molar-refractivity contribution in [1.29, 1.82) is 0 Å². The van der Waals surface area contributed by atoms with Gasteiger partial charge in [-0.05, 0) is 30.9 Å². The third kappa shape index (κ3) is 4.16. The fraction of sp³-hybridized carbons (Fsp3) is 0.467. The summed E-state index contributed by atoms with van der Waals surface area (Å²) < 4.78 is 1.08. The molecule has 0 aliphatic heterocycles. The number of amides is 1. The Morgan fingerprint density at radius 3 is 2.63 bits per heavy atom. The SMILES string of the molecule is O=C1CCC(C(=O)NCCc2ccccc2Br)CC1. The average Bonchev–Trinajstić information content (AvgIpc) is 2.41. The van der Waals surface area contributed by atoms with Crippen LogP contribution < -0.4 is 5.32 Å². The van der Waals surface area contributed by atoms with Gasteiger partial charge in [0.2, 0.25) is 5.91 Å². The molecule has 1 fully saturated rings. The van der Waals surface area contributed by atoms with Crippen LogP contribution in [-0.2, 0) is 16.0 Å². The normalized spacial score (nSPS) is 16.4. The molecule has 0 atom stereocenters. The Morgan fingerprint density at radius 2 is 1.95 bits per heavy atom. The molecular formula is C15H18BrNO2. The summed E-state index contributed by atoms with van der Waals surface area (Å²) in [7, 11) is 0. The molecule has 1 aliphatic rings. The molecule has 0 radical (unpaired) electrons. The molecular weight excluding hydrogens is 306 g/mol. The molecule has 1 N–H and O–H groups in total. The standard InChI is InChI=1S/C15H18BrNO2/c16-14-4-2-1-3-11(14)9-10-17-15(19)12-5-7-13(18)8-6-12/h1-4,12H,5-10H2,(H,17,19). The first-order chi connectivity index (χ1) is 9.16. The summed E-state index contributed by atoms with van der Waals surface area (Å²) in [6, 6.07) is 8.03. The van der Waals surface area contributed by atoms with E-state index in [2.05, 4.69) is 27.3 Å². The van der Waals surface area contributed by atoms with Crippen LogP contribution in [0, 0.1) is 5.92 Å². The molecule has 1 aromatic rings. The Labute approximate surface area is 121 Å². The summed E-state index contributed by atoms with van der Waals surface area (Å²) in [5.41, 5.74) is 1.20. The highest BCUT2D eigenvalue weighted by atomic mass is 79.9. The van der Waals surface area contributed by atoms with Gasteiger partial charge in [-0.3, -0.25) is 9.59 Å². The highest BCUT2D eigenvalue weighted by molar-refractivity contribution is 9.10. The van der Waals surface area contributed by atoms with Gasteiger partial charge in [-0.25, -0.2) is 0 Å². The van der Waals surface area contributed by atoms with E-state index in [1.807, 2.05) is 18.2 Å². The van der Waals surface area contributed by atoms with Crippen molar-refractivity contribution in [3.63, 3.8) is 0 Å². The highest BCUT2D eigenvalue weighted by Crippen LogP contribution is 2.21. The van der Waals surface area contributed by atoms with E-state index in [-0.39, 0.29) is 17.6 Å². The number of carbonyl (C=O) groups is 2. The van der Waals surface area contributed by atoms with Gasteiger partial charge in [-0.15, -0.1) is 0 Å². The van der Waals surface area contributed by atoms with Gasteiger partial charge in [0, 0.05) is 29.8 Å². The number of benzene rings is 1. The molecule has 102 valence electrons. The predicted molar refractivity (Wildman–Crippen MR) is 77.8 cm³/mol. The first-order valence-corrected chi connectivity index (χ1v) is 7.49. The van der Waals surface area contributed by atoms with Gasteiger partial charge in [0.05, 0.1) is 0 Å². The summed E-state index contributed by atoms with van der Waals surface area (Å²) in [5.74, 6) is 0.411. The monoisotopic (exact) mass is 323 g/mol. The predicted octanol–water partition coefficient (Wildman–Crippen LogP) is 2.87. The first-order valence-electron chi connectivity index (χ1n) is 6.69. The van der Waals surface area contributed by atoms with Gasteiger partial charge < -0.3 is 5.32 Å². The number of Topliss-reactive ketones (excluding diaryl/α,β-unsaturated/α-hetero) is 1. The van der Waals surface area contributed by atoms with Gasteiger partial charge in [0.1, 0.15) is 5.78 Å². The Balaban J connectivity index is 1.75. The topological polar surface area (TPSA) is 46.2 Å². The molecule has 0 heterocycles. The minimum atomic E-state index is 0.0249. The van der Waals surface area contributed by atoms with Gasteiger partial charge in [-0.2, -0.15) is 0 Å². The van der Waals surface area contributed by atoms with E-state index in [4.69, 9.17) is 0 Å². The van der Waals surface area contributed by atoms with Crippen molar-refractivity contribution < 1.29 is 9.59 Å². The summed E-state index contributed by atoms with van der Waals surface area (Å²) in [5, 5.41) is 2.97. The third-order valence-electron chi connectivity index (χ3n) is 3.57. The lowest BCUT2D eigenvalue weighted by molar-refractivity contribution is -0.128. The zero-order valence-corrected chi connectivity index (χ0v) is 12.4. The van der Waals surface area contributed by atoms with Crippen molar-refractivity contribution in [3.8, 4) is 0 Å². The summed E-state index contributed by atoms with van der Waals surface area (Å²) in [4.78, 5) is 23.1. The van der Waals surface area contributed by atoms with Crippen LogP contribution in [0.4, 0.5) is 0 Å². The first kappa shape index (κ1) is 14.3. The maximum absolute atomic E-state index is 11.9.